The molecule has 1 fully saturated rings. The number of amides is 2. The number of urea groups is 1. The SMILES string of the molecule is CN(C(=O)Nc1ccccc1O)C1CCCCC1. The van der Waals surface area contributed by atoms with E-state index in [1.54, 1.807) is 29.2 Å². The molecule has 0 aliphatic heterocycles. The summed E-state index contributed by atoms with van der Waals surface area (Å²) in [6, 6.07) is 6.96. The van der Waals surface area contributed by atoms with E-state index in [0.29, 0.717) is 11.7 Å². The fourth-order valence-corrected chi connectivity index (χ4v) is 2.42. The Morgan fingerprint density at radius 1 is 1.28 bits per heavy atom. The monoisotopic (exact) mass is 248 g/mol. The number of phenols is 1. The number of aromatic hydroxyl groups is 1. The number of para-hydroxylation sites is 2. The number of hydrogen-bond acceptors (Lipinski definition) is 2. The number of rotatable bonds is 2. The van der Waals surface area contributed by atoms with Gasteiger partial charge in [0.25, 0.3) is 0 Å². The Morgan fingerprint density at radius 2 is 1.94 bits per heavy atom. The summed E-state index contributed by atoms with van der Waals surface area (Å²) in [6.45, 7) is 0. The number of phenolic OH excluding ortho intramolecular Hbond substituents is 1. The standard InChI is InChI=1S/C14H20N2O2/c1-16(11-7-3-2-4-8-11)14(18)15-12-9-5-6-10-13(12)17/h5-6,9-11,17H,2-4,7-8H2,1H3,(H,15,18). The van der Waals surface area contributed by atoms with Gasteiger partial charge in [-0.25, -0.2) is 4.79 Å². The Bertz CT molecular complexity index is 414. The molecule has 0 radical (unpaired) electrons. The Hall–Kier alpha value is -1.71. The van der Waals surface area contributed by atoms with E-state index in [2.05, 4.69) is 5.32 Å². The molecule has 0 aromatic heterocycles. The first-order valence-corrected chi connectivity index (χ1v) is 6.50. The minimum atomic E-state index is -0.150. The second-order valence-corrected chi connectivity index (χ2v) is 4.85. The molecule has 4 nitrogen and oxygen atoms in total. The molecule has 98 valence electrons. The van der Waals surface area contributed by atoms with E-state index in [0.717, 1.165) is 12.8 Å². The van der Waals surface area contributed by atoms with Crippen molar-refractivity contribution in [3.05, 3.63) is 24.3 Å². The van der Waals surface area contributed by atoms with Gasteiger partial charge in [-0.1, -0.05) is 31.4 Å². The number of nitrogens with one attached hydrogen (secondary N) is 1. The maximum Gasteiger partial charge on any atom is 0.321 e. The highest BCUT2D eigenvalue weighted by Crippen LogP contribution is 2.24. The first-order chi connectivity index (χ1) is 8.68. The van der Waals surface area contributed by atoms with Crippen molar-refractivity contribution in [2.24, 2.45) is 0 Å². The van der Waals surface area contributed by atoms with Crippen LogP contribution in [0.15, 0.2) is 24.3 Å². The predicted octanol–water partition coefficient (Wildman–Crippen LogP) is 3.19. The van der Waals surface area contributed by atoms with Crippen molar-refractivity contribution >= 4 is 11.7 Å². The molecule has 1 aromatic carbocycles. The second-order valence-electron chi connectivity index (χ2n) is 4.85. The van der Waals surface area contributed by atoms with Gasteiger partial charge >= 0.3 is 6.03 Å². The molecule has 0 bridgehead atoms. The molecule has 1 aliphatic carbocycles. The van der Waals surface area contributed by atoms with E-state index in [-0.39, 0.29) is 11.8 Å². The third-order valence-corrected chi connectivity index (χ3v) is 3.59. The lowest BCUT2D eigenvalue weighted by molar-refractivity contribution is 0.186. The molecule has 1 saturated carbocycles. The van der Waals surface area contributed by atoms with Gasteiger partial charge in [0.05, 0.1) is 5.69 Å². The fourth-order valence-electron chi connectivity index (χ4n) is 2.42. The molecule has 4 heteroatoms. The number of carbonyl (C=O) groups excluding carboxylic acids is 1. The molecule has 0 saturated heterocycles. The highest BCUT2D eigenvalue weighted by atomic mass is 16.3. The molecule has 18 heavy (non-hydrogen) atoms. The van der Waals surface area contributed by atoms with Crippen LogP contribution in [0.3, 0.4) is 0 Å². The molecule has 0 heterocycles. The molecule has 1 aliphatic rings. The summed E-state index contributed by atoms with van der Waals surface area (Å²) in [6.07, 6.45) is 5.80. The molecular weight excluding hydrogens is 228 g/mol. The van der Waals surface area contributed by atoms with Crippen molar-refractivity contribution in [1.82, 2.24) is 4.90 Å². The molecule has 2 N–H and O–H groups in total. The zero-order valence-electron chi connectivity index (χ0n) is 10.7. The summed E-state index contributed by atoms with van der Waals surface area (Å²) in [4.78, 5) is 13.8. The summed E-state index contributed by atoms with van der Waals surface area (Å²) < 4.78 is 0. The number of benzene rings is 1. The van der Waals surface area contributed by atoms with Crippen molar-refractivity contribution in [2.75, 3.05) is 12.4 Å². The molecule has 0 unspecified atom stereocenters. The van der Waals surface area contributed by atoms with Gasteiger partial charge in [-0.15, -0.1) is 0 Å². The zero-order chi connectivity index (χ0) is 13.0. The van der Waals surface area contributed by atoms with Gasteiger partial charge in [0, 0.05) is 13.1 Å². The van der Waals surface area contributed by atoms with Crippen LogP contribution in [0.5, 0.6) is 5.75 Å². The van der Waals surface area contributed by atoms with Crippen LogP contribution in [0.1, 0.15) is 32.1 Å². The van der Waals surface area contributed by atoms with E-state index >= 15 is 0 Å². The lowest BCUT2D eigenvalue weighted by atomic mass is 9.95. The van der Waals surface area contributed by atoms with Gasteiger partial charge in [-0.2, -0.15) is 0 Å². The maximum absolute atomic E-state index is 12.1. The van der Waals surface area contributed by atoms with Gasteiger partial charge in [0.1, 0.15) is 5.75 Å². The van der Waals surface area contributed by atoms with Crippen LogP contribution in [0, 0.1) is 0 Å². The van der Waals surface area contributed by atoms with Crippen LogP contribution in [-0.2, 0) is 0 Å². The average Bonchev–Trinajstić information content (AvgIpc) is 2.41. The molecule has 2 amide bonds. The molecule has 0 atom stereocenters. The van der Waals surface area contributed by atoms with E-state index in [1.807, 2.05) is 7.05 Å². The quantitative estimate of drug-likeness (QED) is 0.790. The zero-order valence-corrected chi connectivity index (χ0v) is 10.7. The Balaban J connectivity index is 1.97. The molecular formula is C14H20N2O2. The van der Waals surface area contributed by atoms with Crippen molar-refractivity contribution in [1.29, 1.82) is 0 Å². The van der Waals surface area contributed by atoms with Crippen LogP contribution in [0.4, 0.5) is 10.5 Å². The summed E-state index contributed by atoms with van der Waals surface area (Å²) in [5.74, 6) is 0.0999. The van der Waals surface area contributed by atoms with E-state index in [9.17, 15) is 9.90 Å². The van der Waals surface area contributed by atoms with Gasteiger partial charge in [0.2, 0.25) is 0 Å². The Labute approximate surface area is 108 Å². The van der Waals surface area contributed by atoms with Crippen LogP contribution >= 0.6 is 0 Å². The molecule has 1 aromatic rings. The maximum atomic E-state index is 12.1. The van der Waals surface area contributed by atoms with E-state index in [4.69, 9.17) is 0 Å². The van der Waals surface area contributed by atoms with Gasteiger partial charge < -0.3 is 15.3 Å². The Kier molecular flexibility index (Phi) is 4.07. The first-order valence-electron chi connectivity index (χ1n) is 6.50. The van der Waals surface area contributed by atoms with Crippen LogP contribution < -0.4 is 5.32 Å². The Morgan fingerprint density at radius 3 is 2.61 bits per heavy atom. The summed E-state index contributed by atoms with van der Waals surface area (Å²) in [5.41, 5.74) is 0.463. The predicted molar refractivity (Wildman–Crippen MR) is 71.8 cm³/mol. The minimum Gasteiger partial charge on any atom is -0.506 e. The highest BCUT2D eigenvalue weighted by molar-refractivity contribution is 5.90. The fraction of sp³-hybridized carbons (Fsp3) is 0.500. The average molecular weight is 248 g/mol. The van der Waals surface area contributed by atoms with Gasteiger partial charge in [0.15, 0.2) is 0 Å². The van der Waals surface area contributed by atoms with Crippen molar-refractivity contribution in [3.8, 4) is 5.75 Å². The summed E-state index contributed by atoms with van der Waals surface area (Å²) in [7, 11) is 1.82. The molecule has 2 rings (SSSR count). The number of anilines is 1. The van der Waals surface area contributed by atoms with E-state index < -0.39 is 0 Å². The third-order valence-electron chi connectivity index (χ3n) is 3.59. The van der Waals surface area contributed by atoms with Crippen molar-refractivity contribution in [3.63, 3.8) is 0 Å². The largest absolute Gasteiger partial charge is 0.506 e. The van der Waals surface area contributed by atoms with Gasteiger partial charge in [-0.05, 0) is 25.0 Å². The first kappa shape index (κ1) is 12.7. The smallest absolute Gasteiger partial charge is 0.321 e. The van der Waals surface area contributed by atoms with Crippen LogP contribution in [-0.4, -0.2) is 29.1 Å². The van der Waals surface area contributed by atoms with Crippen molar-refractivity contribution in [2.45, 2.75) is 38.1 Å². The van der Waals surface area contributed by atoms with Crippen molar-refractivity contribution < 1.29 is 9.90 Å². The second kappa shape index (κ2) is 5.76. The van der Waals surface area contributed by atoms with E-state index in [1.165, 1.54) is 19.3 Å². The number of carbonyl (C=O) groups is 1. The summed E-state index contributed by atoms with van der Waals surface area (Å²) in [5, 5.41) is 12.4. The molecule has 0 spiro atoms. The lowest BCUT2D eigenvalue weighted by Gasteiger charge is -2.31. The summed E-state index contributed by atoms with van der Waals surface area (Å²) >= 11 is 0. The van der Waals surface area contributed by atoms with Crippen LogP contribution in [0.25, 0.3) is 0 Å². The van der Waals surface area contributed by atoms with Gasteiger partial charge in [-0.3, -0.25) is 0 Å². The minimum absolute atomic E-state index is 0.0999. The number of nitrogens with zero attached hydrogens (tertiary/aromatic N) is 1. The number of hydrogen-bond donors (Lipinski definition) is 2. The normalized spacial score (nSPS) is 16.3. The van der Waals surface area contributed by atoms with Crippen LogP contribution in [0.2, 0.25) is 0 Å². The topological polar surface area (TPSA) is 52.6 Å². The lowest BCUT2D eigenvalue weighted by Crippen LogP contribution is -2.40. The highest BCUT2D eigenvalue weighted by Gasteiger charge is 2.22. The third kappa shape index (κ3) is 2.94.